The van der Waals surface area contributed by atoms with Crippen molar-refractivity contribution < 1.29 is 4.79 Å². The van der Waals surface area contributed by atoms with Crippen LogP contribution >= 0.6 is 23.1 Å². The molecule has 160 valence electrons. The summed E-state index contributed by atoms with van der Waals surface area (Å²) in [5, 5.41) is 10.9. The van der Waals surface area contributed by atoms with Crippen molar-refractivity contribution in [3.8, 4) is 0 Å². The van der Waals surface area contributed by atoms with Crippen molar-refractivity contribution in [2.24, 2.45) is 20.0 Å². The molecule has 0 bridgehead atoms. The molecule has 0 saturated heterocycles. The number of thioether (sulfide) groups is 1. The predicted molar refractivity (Wildman–Crippen MR) is 118 cm³/mol. The maximum atomic E-state index is 12.9. The predicted octanol–water partition coefficient (Wildman–Crippen LogP) is 1.54. The number of rotatable bonds is 8. The monoisotopic (exact) mass is 448 g/mol. The first-order valence-electron chi connectivity index (χ1n) is 9.36. The van der Waals surface area contributed by atoms with Crippen molar-refractivity contribution in [2.45, 2.75) is 32.0 Å². The number of anilines is 1. The van der Waals surface area contributed by atoms with Crippen LogP contribution in [0, 0.1) is 5.92 Å². The van der Waals surface area contributed by atoms with Crippen LogP contribution in [-0.2, 0) is 27.1 Å². The van der Waals surface area contributed by atoms with Crippen LogP contribution in [0.3, 0.4) is 0 Å². The second-order valence-electron chi connectivity index (χ2n) is 7.34. The van der Waals surface area contributed by atoms with E-state index in [-0.39, 0.29) is 23.1 Å². The Morgan fingerprint density at radius 3 is 2.60 bits per heavy atom. The average Bonchev–Trinajstić information content (AvgIpc) is 3.33. The first-order valence-corrected chi connectivity index (χ1v) is 11.2. The van der Waals surface area contributed by atoms with Gasteiger partial charge in [0.15, 0.2) is 10.9 Å². The summed E-state index contributed by atoms with van der Waals surface area (Å²) in [4.78, 5) is 39.0. The average molecular weight is 449 g/mol. The number of hydrogen-bond donors (Lipinski definition) is 1. The first kappa shape index (κ1) is 22.0. The van der Waals surface area contributed by atoms with Gasteiger partial charge in [0.25, 0.3) is 5.56 Å². The molecule has 0 unspecified atom stereocenters. The molecule has 3 aromatic rings. The maximum Gasteiger partial charge on any atom is 0.332 e. The summed E-state index contributed by atoms with van der Waals surface area (Å²) < 4.78 is 4.04. The Balaban J connectivity index is 1.82. The minimum atomic E-state index is -0.681. The molecule has 3 heterocycles. The van der Waals surface area contributed by atoms with Crippen molar-refractivity contribution in [1.82, 2.24) is 23.9 Å². The third-order valence-corrected chi connectivity index (χ3v) is 6.48. The fourth-order valence-electron chi connectivity index (χ4n) is 2.98. The Kier molecular flexibility index (Phi) is 6.61. The van der Waals surface area contributed by atoms with Crippen LogP contribution in [0.4, 0.5) is 5.82 Å². The molecule has 0 aliphatic rings. The van der Waals surface area contributed by atoms with Crippen molar-refractivity contribution in [2.75, 3.05) is 11.5 Å². The molecule has 0 amide bonds. The number of nitrogen functional groups attached to an aromatic ring is 1. The van der Waals surface area contributed by atoms with Gasteiger partial charge in [-0.05, 0) is 17.4 Å². The highest BCUT2D eigenvalue weighted by molar-refractivity contribution is 7.99. The summed E-state index contributed by atoms with van der Waals surface area (Å²) in [5.41, 5.74) is 4.70. The second kappa shape index (κ2) is 9.00. The quantitative estimate of drug-likeness (QED) is 0.410. The van der Waals surface area contributed by atoms with Crippen molar-refractivity contribution >= 4 is 34.7 Å². The number of ketones is 1. The van der Waals surface area contributed by atoms with Crippen LogP contribution in [-0.4, -0.2) is 35.4 Å². The minimum absolute atomic E-state index is 0.0374. The fraction of sp³-hybridized carbons (Fsp3) is 0.421. The third-order valence-electron chi connectivity index (χ3n) is 4.58. The van der Waals surface area contributed by atoms with Gasteiger partial charge in [-0.3, -0.25) is 18.7 Å². The Morgan fingerprint density at radius 1 is 1.23 bits per heavy atom. The van der Waals surface area contributed by atoms with Crippen LogP contribution in [0.15, 0.2) is 32.3 Å². The molecule has 11 heteroatoms. The second-order valence-corrected chi connectivity index (χ2v) is 9.31. The van der Waals surface area contributed by atoms with Gasteiger partial charge in [-0.25, -0.2) is 4.79 Å². The number of thiophene rings is 1. The molecular formula is C19H24N6O3S2. The highest BCUT2D eigenvalue weighted by atomic mass is 32.2. The zero-order valence-corrected chi connectivity index (χ0v) is 18.9. The number of nitrogens with zero attached hydrogens (tertiary/aromatic N) is 5. The number of nitrogens with two attached hydrogens (primary N) is 1. The van der Waals surface area contributed by atoms with E-state index in [1.165, 1.54) is 28.3 Å². The van der Waals surface area contributed by atoms with E-state index in [1.807, 2.05) is 43.0 Å². The maximum absolute atomic E-state index is 12.9. The molecule has 0 spiro atoms. The molecule has 0 aliphatic carbocycles. The van der Waals surface area contributed by atoms with E-state index in [2.05, 4.69) is 10.2 Å². The zero-order valence-electron chi connectivity index (χ0n) is 17.3. The molecular weight excluding hydrogens is 424 g/mol. The van der Waals surface area contributed by atoms with Gasteiger partial charge in [-0.2, -0.15) is 0 Å². The van der Waals surface area contributed by atoms with Crippen LogP contribution in [0.5, 0.6) is 0 Å². The smallest absolute Gasteiger partial charge is 0.332 e. The Hall–Kier alpha value is -2.66. The van der Waals surface area contributed by atoms with Gasteiger partial charge in [0.1, 0.15) is 17.2 Å². The number of aromatic nitrogens is 5. The van der Waals surface area contributed by atoms with E-state index >= 15 is 0 Å². The third kappa shape index (κ3) is 4.41. The van der Waals surface area contributed by atoms with Gasteiger partial charge >= 0.3 is 5.69 Å². The van der Waals surface area contributed by atoms with Crippen LogP contribution in [0.25, 0.3) is 0 Å². The Bertz CT molecular complexity index is 1170. The summed E-state index contributed by atoms with van der Waals surface area (Å²) >= 11 is 2.82. The molecule has 3 rings (SSSR count). The van der Waals surface area contributed by atoms with Gasteiger partial charge in [0.2, 0.25) is 0 Å². The molecule has 0 aliphatic heterocycles. The van der Waals surface area contributed by atoms with Gasteiger partial charge in [-0.15, -0.1) is 21.5 Å². The summed E-state index contributed by atoms with van der Waals surface area (Å²) in [5.74, 6) is 0.343. The van der Waals surface area contributed by atoms with Gasteiger partial charge < -0.3 is 10.3 Å². The minimum Gasteiger partial charge on any atom is -0.384 e. The lowest BCUT2D eigenvalue weighted by Gasteiger charge is -2.16. The molecule has 0 saturated carbocycles. The van der Waals surface area contributed by atoms with E-state index in [1.54, 1.807) is 11.3 Å². The standard InChI is InChI=1S/C19H24N6O3S2/c1-11(2)9-25-16(20)15(17(27)24(4)19(25)28)13(26)10-30-18-22-21-14(23(18)3)8-12-6-5-7-29-12/h5-7,11H,8-10,20H2,1-4H3. The number of hydrogen-bond acceptors (Lipinski definition) is 8. The molecule has 3 aromatic heterocycles. The topological polar surface area (TPSA) is 118 Å². The summed E-state index contributed by atoms with van der Waals surface area (Å²) in [6.07, 6.45) is 0.656. The number of Topliss-reactive ketones (excluding diaryl/α,β-unsaturated/α-hetero) is 1. The highest BCUT2D eigenvalue weighted by Gasteiger charge is 2.23. The van der Waals surface area contributed by atoms with E-state index < -0.39 is 17.0 Å². The Morgan fingerprint density at radius 2 is 1.97 bits per heavy atom. The van der Waals surface area contributed by atoms with E-state index in [0.29, 0.717) is 18.1 Å². The molecule has 0 fully saturated rings. The lowest BCUT2D eigenvalue weighted by atomic mass is 10.2. The van der Waals surface area contributed by atoms with Crippen molar-refractivity contribution in [3.05, 3.63) is 54.6 Å². The summed E-state index contributed by atoms with van der Waals surface area (Å²) in [6.45, 7) is 4.17. The van der Waals surface area contributed by atoms with E-state index in [0.717, 1.165) is 10.4 Å². The fourth-order valence-corrected chi connectivity index (χ4v) is 4.49. The molecule has 0 atom stereocenters. The molecule has 30 heavy (non-hydrogen) atoms. The molecule has 9 nitrogen and oxygen atoms in total. The first-order chi connectivity index (χ1) is 14.2. The molecule has 2 N–H and O–H groups in total. The largest absolute Gasteiger partial charge is 0.384 e. The zero-order chi connectivity index (χ0) is 22.0. The number of carbonyl (C=O) groups excluding carboxylic acids is 1. The van der Waals surface area contributed by atoms with Gasteiger partial charge in [0.05, 0.1) is 5.75 Å². The Labute approximate surface area is 181 Å². The molecule has 0 radical (unpaired) electrons. The highest BCUT2D eigenvalue weighted by Crippen LogP contribution is 2.20. The summed E-state index contributed by atoms with van der Waals surface area (Å²) in [7, 11) is 3.19. The molecule has 0 aromatic carbocycles. The normalized spacial score (nSPS) is 11.4. The number of carbonyl (C=O) groups is 1. The van der Waals surface area contributed by atoms with Crippen LogP contribution in [0.1, 0.15) is 34.9 Å². The van der Waals surface area contributed by atoms with Gasteiger partial charge in [0, 0.05) is 31.9 Å². The van der Waals surface area contributed by atoms with Crippen LogP contribution < -0.4 is 17.0 Å². The lowest BCUT2D eigenvalue weighted by Crippen LogP contribution is -2.43. The van der Waals surface area contributed by atoms with Crippen molar-refractivity contribution in [3.63, 3.8) is 0 Å². The van der Waals surface area contributed by atoms with E-state index in [9.17, 15) is 14.4 Å². The summed E-state index contributed by atoms with van der Waals surface area (Å²) in [6, 6.07) is 4.01. The van der Waals surface area contributed by atoms with Crippen LogP contribution in [0.2, 0.25) is 0 Å². The van der Waals surface area contributed by atoms with Gasteiger partial charge in [-0.1, -0.05) is 31.7 Å². The lowest BCUT2D eigenvalue weighted by molar-refractivity contribution is 0.102. The van der Waals surface area contributed by atoms with E-state index in [4.69, 9.17) is 5.73 Å². The van der Waals surface area contributed by atoms with Crippen molar-refractivity contribution in [1.29, 1.82) is 0 Å². The SMILES string of the molecule is CC(C)Cn1c(N)c(C(=O)CSc2nnc(Cc3cccs3)n2C)c(=O)n(C)c1=O.